The second kappa shape index (κ2) is 7.86. The van der Waals surface area contributed by atoms with Crippen molar-refractivity contribution < 1.29 is 24.2 Å². The van der Waals surface area contributed by atoms with Crippen LogP contribution in [0.4, 0.5) is 0 Å². The summed E-state index contributed by atoms with van der Waals surface area (Å²) in [4.78, 5) is 36.3. The molecule has 0 amide bonds. The van der Waals surface area contributed by atoms with Gasteiger partial charge in [-0.25, -0.2) is 4.57 Å². The number of hydrogen-bond donors (Lipinski definition) is 1. The first-order valence-corrected chi connectivity index (χ1v) is 8.95. The number of esters is 1. The van der Waals surface area contributed by atoms with E-state index >= 15 is 0 Å². The van der Waals surface area contributed by atoms with Crippen LogP contribution in [0.1, 0.15) is 39.6 Å². The number of carbonyl (C=O) groups is 3. The molecule has 0 bridgehead atoms. The number of carbonyl (C=O) groups excluding carboxylic acids is 3. The second-order valence-electron chi connectivity index (χ2n) is 6.32. The molecular formula is C21H18ClNO5. The molecule has 3 rings (SSSR count). The number of halogens is 1. The Morgan fingerprint density at radius 1 is 1.11 bits per heavy atom. The van der Waals surface area contributed by atoms with Crippen LogP contribution in [0.15, 0.2) is 42.5 Å². The summed E-state index contributed by atoms with van der Waals surface area (Å²) in [6, 6.07) is 11.5. The van der Waals surface area contributed by atoms with Crippen LogP contribution in [0.2, 0.25) is 5.02 Å². The lowest BCUT2D eigenvalue weighted by molar-refractivity contribution is -0.140. The van der Waals surface area contributed by atoms with E-state index in [0.717, 1.165) is 10.1 Å². The van der Waals surface area contributed by atoms with Crippen molar-refractivity contribution in [1.82, 2.24) is 4.57 Å². The summed E-state index contributed by atoms with van der Waals surface area (Å²) in [6.07, 6.45) is 0.742. The van der Waals surface area contributed by atoms with Gasteiger partial charge in [-0.05, 0) is 24.1 Å². The molecule has 0 saturated carbocycles. The van der Waals surface area contributed by atoms with Crippen molar-refractivity contribution in [3.05, 3.63) is 64.2 Å². The molecule has 0 fully saturated rings. The molecule has 0 aliphatic carbocycles. The Balaban J connectivity index is 1.99. The molecule has 3 aromatic rings. The first kappa shape index (κ1) is 19.6. The van der Waals surface area contributed by atoms with Gasteiger partial charge in [-0.3, -0.25) is 14.4 Å². The lowest BCUT2D eigenvalue weighted by Crippen LogP contribution is -2.06. The number of aryl methyl sites for hydroxylation is 1. The van der Waals surface area contributed by atoms with Crippen molar-refractivity contribution in [1.29, 1.82) is 0 Å². The van der Waals surface area contributed by atoms with E-state index in [2.05, 4.69) is 4.74 Å². The standard InChI is InChI=1S/C21H18ClNO5/c1-12(24)23-17-11-15(22)8-9-16(17)19(21(23)27)20(26)14-6-3-13(4-7-14)5-10-18(25)28-2/h3-4,6-9,11,27H,5,10H2,1-2H3. The van der Waals surface area contributed by atoms with Crippen LogP contribution in [0.25, 0.3) is 10.9 Å². The lowest BCUT2D eigenvalue weighted by atomic mass is 10.00. The number of ketones is 1. The van der Waals surface area contributed by atoms with E-state index in [-0.39, 0.29) is 18.0 Å². The van der Waals surface area contributed by atoms with E-state index in [1.807, 2.05) is 0 Å². The molecule has 1 N–H and O–H groups in total. The normalized spacial score (nSPS) is 10.8. The Morgan fingerprint density at radius 2 is 1.79 bits per heavy atom. The van der Waals surface area contributed by atoms with E-state index in [1.165, 1.54) is 20.1 Å². The molecular weight excluding hydrogens is 382 g/mol. The highest BCUT2D eigenvalue weighted by Gasteiger charge is 2.25. The smallest absolute Gasteiger partial charge is 0.305 e. The van der Waals surface area contributed by atoms with Crippen molar-refractivity contribution in [2.24, 2.45) is 0 Å². The Bertz CT molecular complexity index is 1080. The fourth-order valence-corrected chi connectivity index (χ4v) is 3.27. The minimum Gasteiger partial charge on any atom is -0.494 e. The van der Waals surface area contributed by atoms with E-state index < -0.39 is 17.6 Å². The summed E-state index contributed by atoms with van der Waals surface area (Å²) in [6.45, 7) is 1.30. The van der Waals surface area contributed by atoms with Crippen molar-refractivity contribution >= 4 is 40.2 Å². The quantitative estimate of drug-likeness (QED) is 0.517. The Kier molecular flexibility index (Phi) is 5.51. The molecule has 0 aliphatic rings. The van der Waals surface area contributed by atoms with Gasteiger partial charge >= 0.3 is 5.97 Å². The van der Waals surface area contributed by atoms with Crippen LogP contribution < -0.4 is 0 Å². The molecule has 0 radical (unpaired) electrons. The molecule has 2 aromatic carbocycles. The minimum atomic E-state index is -0.429. The van der Waals surface area contributed by atoms with Gasteiger partial charge in [-0.1, -0.05) is 41.9 Å². The van der Waals surface area contributed by atoms with Gasteiger partial charge in [0.1, 0.15) is 0 Å². The summed E-state index contributed by atoms with van der Waals surface area (Å²) in [5, 5.41) is 11.4. The van der Waals surface area contributed by atoms with Crippen LogP contribution in [-0.2, 0) is 16.0 Å². The second-order valence-corrected chi connectivity index (χ2v) is 6.75. The fourth-order valence-electron chi connectivity index (χ4n) is 3.11. The van der Waals surface area contributed by atoms with Crippen LogP contribution >= 0.6 is 11.6 Å². The van der Waals surface area contributed by atoms with Crippen LogP contribution in [0.3, 0.4) is 0 Å². The number of ether oxygens (including phenoxy) is 1. The number of benzene rings is 2. The number of methoxy groups -OCH3 is 1. The molecule has 0 atom stereocenters. The summed E-state index contributed by atoms with van der Waals surface area (Å²) in [7, 11) is 1.33. The van der Waals surface area contributed by atoms with Crippen molar-refractivity contribution in [2.45, 2.75) is 19.8 Å². The summed E-state index contributed by atoms with van der Waals surface area (Å²) >= 11 is 6.01. The predicted octanol–water partition coefficient (Wildman–Crippen LogP) is 4.00. The number of rotatable bonds is 5. The highest BCUT2D eigenvalue weighted by Crippen LogP contribution is 2.34. The molecule has 0 saturated heterocycles. The SMILES string of the molecule is COC(=O)CCc1ccc(C(=O)c2c(O)n(C(C)=O)c3cc(Cl)ccc23)cc1. The van der Waals surface area contributed by atoms with Gasteiger partial charge in [-0.15, -0.1) is 0 Å². The zero-order valence-electron chi connectivity index (χ0n) is 15.4. The van der Waals surface area contributed by atoms with Crippen molar-refractivity contribution in [3.8, 4) is 5.88 Å². The minimum absolute atomic E-state index is 0.0455. The van der Waals surface area contributed by atoms with Gasteiger partial charge in [-0.2, -0.15) is 0 Å². The largest absolute Gasteiger partial charge is 0.494 e. The maximum Gasteiger partial charge on any atom is 0.305 e. The average Bonchev–Trinajstić information content (AvgIpc) is 2.96. The van der Waals surface area contributed by atoms with E-state index in [1.54, 1.807) is 36.4 Å². The third-order valence-electron chi connectivity index (χ3n) is 4.51. The average molecular weight is 400 g/mol. The summed E-state index contributed by atoms with van der Waals surface area (Å²) < 4.78 is 5.68. The molecule has 144 valence electrons. The van der Waals surface area contributed by atoms with Gasteiger partial charge in [0.2, 0.25) is 11.8 Å². The molecule has 6 nitrogen and oxygen atoms in total. The predicted molar refractivity (Wildman–Crippen MR) is 105 cm³/mol. The lowest BCUT2D eigenvalue weighted by Gasteiger charge is -2.04. The number of aromatic nitrogens is 1. The maximum absolute atomic E-state index is 13.0. The van der Waals surface area contributed by atoms with Gasteiger partial charge in [0.15, 0.2) is 5.78 Å². The molecule has 0 unspecified atom stereocenters. The zero-order valence-corrected chi connectivity index (χ0v) is 16.1. The third-order valence-corrected chi connectivity index (χ3v) is 4.74. The zero-order chi connectivity index (χ0) is 20.4. The van der Waals surface area contributed by atoms with Gasteiger partial charge < -0.3 is 9.84 Å². The van der Waals surface area contributed by atoms with E-state index in [9.17, 15) is 19.5 Å². The van der Waals surface area contributed by atoms with Gasteiger partial charge in [0, 0.05) is 29.3 Å². The highest BCUT2D eigenvalue weighted by molar-refractivity contribution is 6.31. The number of aromatic hydroxyl groups is 1. The topological polar surface area (TPSA) is 85.6 Å². The third kappa shape index (κ3) is 3.64. The molecule has 28 heavy (non-hydrogen) atoms. The highest BCUT2D eigenvalue weighted by atomic mass is 35.5. The monoisotopic (exact) mass is 399 g/mol. The molecule has 1 heterocycles. The maximum atomic E-state index is 13.0. The first-order valence-electron chi connectivity index (χ1n) is 8.57. The molecule has 0 aliphatic heterocycles. The number of nitrogens with zero attached hydrogens (tertiary/aromatic N) is 1. The van der Waals surface area contributed by atoms with Crippen LogP contribution in [0, 0.1) is 0 Å². The summed E-state index contributed by atoms with van der Waals surface area (Å²) in [5.74, 6) is -1.56. The van der Waals surface area contributed by atoms with E-state index in [4.69, 9.17) is 11.6 Å². The van der Waals surface area contributed by atoms with Crippen LogP contribution in [0.5, 0.6) is 5.88 Å². The van der Waals surface area contributed by atoms with E-state index in [0.29, 0.717) is 27.9 Å². The molecule has 1 aromatic heterocycles. The van der Waals surface area contributed by atoms with Crippen molar-refractivity contribution in [3.63, 3.8) is 0 Å². The number of fused-ring (bicyclic) bond motifs is 1. The number of hydrogen-bond acceptors (Lipinski definition) is 5. The first-order chi connectivity index (χ1) is 13.3. The van der Waals surface area contributed by atoms with Crippen LogP contribution in [-0.4, -0.2) is 34.4 Å². The molecule has 0 spiro atoms. The molecule has 7 heteroatoms. The van der Waals surface area contributed by atoms with Gasteiger partial charge in [0.25, 0.3) is 0 Å². The van der Waals surface area contributed by atoms with Gasteiger partial charge in [0.05, 0.1) is 18.2 Å². The Labute approximate surface area is 166 Å². The fraction of sp³-hybridized carbons (Fsp3) is 0.190. The Morgan fingerprint density at radius 3 is 2.39 bits per heavy atom. The Hall–Kier alpha value is -3.12. The summed E-state index contributed by atoms with van der Waals surface area (Å²) in [5.41, 5.74) is 1.65. The van der Waals surface area contributed by atoms with Crippen molar-refractivity contribution in [2.75, 3.05) is 7.11 Å².